The van der Waals surface area contributed by atoms with Gasteiger partial charge in [0.2, 0.25) is 5.96 Å². The highest BCUT2D eigenvalue weighted by molar-refractivity contribution is 6.03. The topological polar surface area (TPSA) is 40.4 Å². The normalized spacial score (nSPS) is 15.1. The van der Waals surface area contributed by atoms with Crippen LogP contribution in [0.4, 0.5) is 11.4 Å². The molecule has 4 rings (SSSR count). The molecule has 1 saturated heterocycles. The van der Waals surface area contributed by atoms with Gasteiger partial charge in [-0.3, -0.25) is 0 Å². The number of nitrogens with zero attached hydrogens (tertiary/aromatic N) is 4. The van der Waals surface area contributed by atoms with Crippen molar-refractivity contribution in [3.63, 3.8) is 0 Å². The van der Waals surface area contributed by atoms with E-state index >= 15 is 0 Å². The van der Waals surface area contributed by atoms with E-state index in [0.717, 1.165) is 42.8 Å². The molecule has 0 radical (unpaired) electrons. The van der Waals surface area contributed by atoms with E-state index in [1.54, 1.807) is 0 Å². The van der Waals surface area contributed by atoms with E-state index in [2.05, 4.69) is 65.3 Å². The number of hydrogen-bond acceptors (Lipinski definition) is 2. The third-order valence-electron chi connectivity index (χ3n) is 5.18. The molecule has 5 heteroatoms. The number of benzene rings is 3. The number of hydrogen-bond donors (Lipinski definition) is 0. The van der Waals surface area contributed by atoms with E-state index in [1.807, 2.05) is 42.5 Å². The summed E-state index contributed by atoms with van der Waals surface area (Å²) >= 11 is 0. The molecule has 0 saturated carbocycles. The van der Waals surface area contributed by atoms with Crippen molar-refractivity contribution >= 4 is 23.2 Å². The zero-order valence-corrected chi connectivity index (χ0v) is 17.9. The minimum atomic E-state index is 0.689. The van der Waals surface area contributed by atoms with Crippen molar-refractivity contribution in [3.05, 3.63) is 96.6 Å². The summed E-state index contributed by atoms with van der Waals surface area (Å²) < 4.78 is 5.55. The van der Waals surface area contributed by atoms with Gasteiger partial charge in [0.05, 0.1) is 18.9 Å². The summed E-state index contributed by atoms with van der Waals surface area (Å²) in [4.78, 5) is 14.3. The Balaban J connectivity index is 1.70. The van der Waals surface area contributed by atoms with Crippen LogP contribution in [0, 0.1) is 0 Å². The maximum Gasteiger partial charge on any atom is 0.227 e. The molecular weight excluding hydrogens is 384 g/mol. The lowest BCUT2D eigenvalue weighted by Crippen LogP contribution is -2.41. The van der Waals surface area contributed by atoms with Crippen molar-refractivity contribution in [1.29, 1.82) is 0 Å². The van der Waals surface area contributed by atoms with Gasteiger partial charge in [-0.05, 0) is 36.8 Å². The molecule has 31 heavy (non-hydrogen) atoms. The van der Waals surface area contributed by atoms with Crippen molar-refractivity contribution < 1.29 is 4.74 Å². The molecule has 0 unspecified atom stereocenters. The molecule has 0 amide bonds. The second-order valence-electron chi connectivity index (χ2n) is 7.41. The first-order valence-electron chi connectivity index (χ1n) is 10.7. The standard InChI is InChI=1S/C26H28N4O/c1-22(30(25-15-9-4-10-16-25)21-23-11-5-2-6-12-23)27-26(29-17-19-31-20-18-29)28-24-13-7-3-8-14-24/h2-16H,17-21H2,1H3/b27-22-,28-26+. The third kappa shape index (κ3) is 5.80. The first-order chi connectivity index (χ1) is 15.3. The van der Waals surface area contributed by atoms with Crippen LogP contribution in [0.3, 0.4) is 0 Å². The van der Waals surface area contributed by atoms with Gasteiger partial charge in [-0.15, -0.1) is 0 Å². The van der Waals surface area contributed by atoms with Crippen LogP contribution in [0.25, 0.3) is 0 Å². The van der Waals surface area contributed by atoms with E-state index in [0.29, 0.717) is 13.2 Å². The Morgan fingerprint density at radius 3 is 2.06 bits per heavy atom. The molecule has 5 nitrogen and oxygen atoms in total. The highest BCUT2D eigenvalue weighted by Gasteiger charge is 2.18. The van der Waals surface area contributed by atoms with Gasteiger partial charge in [0, 0.05) is 25.3 Å². The van der Waals surface area contributed by atoms with Crippen molar-refractivity contribution in [2.75, 3.05) is 31.2 Å². The zero-order chi connectivity index (χ0) is 21.3. The van der Waals surface area contributed by atoms with Crippen LogP contribution in [0.1, 0.15) is 12.5 Å². The largest absolute Gasteiger partial charge is 0.378 e. The summed E-state index contributed by atoms with van der Waals surface area (Å²) in [6.45, 7) is 5.74. The molecule has 0 aliphatic carbocycles. The maximum absolute atomic E-state index is 5.55. The Labute approximate surface area is 184 Å². The first-order valence-corrected chi connectivity index (χ1v) is 10.7. The van der Waals surface area contributed by atoms with E-state index in [1.165, 1.54) is 5.56 Å². The van der Waals surface area contributed by atoms with Crippen molar-refractivity contribution in [2.45, 2.75) is 13.5 Å². The fourth-order valence-electron chi connectivity index (χ4n) is 3.52. The smallest absolute Gasteiger partial charge is 0.227 e. The summed E-state index contributed by atoms with van der Waals surface area (Å²) in [5.74, 6) is 1.62. The van der Waals surface area contributed by atoms with Crippen LogP contribution in [0.15, 0.2) is 101 Å². The highest BCUT2D eigenvalue weighted by atomic mass is 16.5. The van der Waals surface area contributed by atoms with Gasteiger partial charge in [0.25, 0.3) is 0 Å². The average molecular weight is 413 g/mol. The average Bonchev–Trinajstić information content (AvgIpc) is 2.84. The van der Waals surface area contributed by atoms with E-state index in [4.69, 9.17) is 14.7 Å². The second kappa shape index (κ2) is 10.5. The van der Waals surface area contributed by atoms with Gasteiger partial charge in [-0.1, -0.05) is 66.7 Å². The molecule has 1 fully saturated rings. The van der Waals surface area contributed by atoms with Gasteiger partial charge in [-0.25, -0.2) is 4.99 Å². The maximum atomic E-state index is 5.55. The molecule has 3 aromatic rings. The summed E-state index contributed by atoms with van der Waals surface area (Å²) in [5, 5.41) is 0. The lowest BCUT2D eigenvalue weighted by Gasteiger charge is -2.29. The molecule has 0 bridgehead atoms. The first kappa shape index (κ1) is 20.8. The summed E-state index contributed by atoms with van der Waals surface area (Å²) in [6.07, 6.45) is 0. The van der Waals surface area contributed by atoms with Crippen molar-refractivity contribution in [2.24, 2.45) is 9.98 Å². The minimum Gasteiger partial charge on any atom is -0.378 e. The quantitative estimate of drug-likeness (QED) is 0.440. The molecule has 0 aromatic heterocycles. The minimum absolute atomic E-state index is 0.689. The molecular formula is C26H28N4O. The fourth-order valence-corrected chi connectivity index (χ4v) is 3.52. The molecule has 1 aliphatic rings. The molecule has 1 aliphatic heterocycles. The van der Waals surface area contributed by atoms with Crippen LogP contribution in [-0.4, -0.2) is 43.0 Å². The fraction of sp³-hybridized carbons (Fsp3) is 0.231. The number of amidine groups is 1. The van der Waals surface area contributed by atoms with E-state index in [-0.39, 0.29) is 0 Å². The zero-order valence-electron chi connectivity index (χ0n) is 17.9. The lowest BCUT2D eigenvalue weighted by atomic mass is 10.2. The van der Waals surface area contributed by atoms with E-state index in [9.17, 15) is 0 Å². The Morgan fingerprint density at radius 1 is 0.839 bits per heavy atom. The lowest BCUT2D eigenvalue weighted by molar-refractivity contribution is 0.0676. The molecule has 158 valence electrons. The number of ether oxygens (including phenoxy) is 1. The predicted octanol–water partition coefficient (Wildman–Crippen LogP) is 5.13. The van der Waals surface area contributed by atoms with Gasteiger partial charge in [-0.2, -0.15) is 4.99 Å². The molecule has 0 spiro atoms. The van der Waals surface area contributed by atoms with Gasteiger partial charge in [0.15, 0.2) is 0 Å². The van der Waals surface area contributed by atoms with Gasteiger partial charge in [0.1, 0.15) is 5.84 Å². The van der Waals surface area contributed by atoms with Gasteiger partial charge < -0.3 is 14.5 Å². The number of morpholine rings is 1. The van der Waals surface area contributed by atoms with Crippen LogP contribution in [-0.2, 0) is 11.3 Å². The summed E-state index contributed by atoms with van der Waals surface area (Å²) in [6, 6.07) is 30.9. The number of aliphatic imine (C=N–C) groups is 2. The number of anilines is 1. The Bertz CT molecular complexity index is 997. The molecule has 1 heterocycles. The number of guanidine groups is 1. The van der Waals surface area contributed by atoms with Crippen LogP contribution in [0.5, 0.6) is 0 Å². The third-order valence-corrected chi connectivity index (χ3v) is 5.18. The van der Waals surface area contributed by atoms with E-state index < -0.39 is 0 Å². The predicted molar refractivity (Wildman–Crippen MR) is 128 cm³/mol. The number of para-hydroxylation sites is 2. The monoisotopic (exact) mass is 412 g/mol. The SMILES string of the molecule is C/C(=N/C(=N\c1ccccc1)N1CCOCC1)N(Cc1ccccc1)c1ccccc1. The Morgan fingerprint density at radius 2 is 1.42 bits per heavy atom. The van der Waals surface area contributed by atoms with Crippen LogP contribution < -0.4 is 4.90 Å². The van der Waals surface area contributed by atoms with Crippen molar-refractivity contribution in [1.82, 2.24) is 4.90 Å². The summed E-state index contributed by atoms with van der Waals surface area (Å²) in [7, 11) is 0. The Hall–Kier alpha value is -3.44. The van der Waals surface area contributed by atoms with Crippen molar-refractivity contribution in [3.8, 4) is 0 Å². The Kier molecular flexibility index (Phi) is 7.08. The molecule has 3 aromatic carbocycles. The second-order valence-corrected chi connectivity index (χ2v) is 7.41. The summed E-state index contributed by atoms with van der Waals surface area (Å²) in [5.41, 5.74) is 3.23. The highest BCUT2D eigenvalue weighted by Crippen LogP contribution is 2.19. The molecule has 0 atom stereocenters. The van der Waals surface area contributed by atoms with Crippen LogP contribution >= 0.6 is 0 Å². The van der Waals surface area contributed by atoms with Gasteiger partial charge >= 0.3 is 0 Å². The van der Waals surface area contributed by atoms with Crippen LogP contribution in [0.2, 0.25) is 0 Å². The number of rotatable bonds is 4. The molecule has 0 N–H and O–H groups in total.